The molecule has 5 nitrogen and oxygen atoms in total. The Morgan fingerprint density at radius 3 is 2.74 bits per heavy atom. The van der Waals surface area contributed by atoms with Gasteiger partial charge in [0, 0.05) is 18.7 Å². The van der Waals surface area contributed by atoms with Crippen LogP contribution in [0.2, 0.25) is 0 Å². The summed E-state index contributed by atoms with van der Waals surface area (Å²) in [5, 5.41) is 8.67. The predicted molar refractivity (Wildman–Crippen MR) is 71.6 cm³/mol. The molecule has 0 aliphatic rings. The van der Waals surface area contributed by atoms with Crippen molar-refractivity contribution in [3.05, 3.63) is 29.8 Å². The van der Waals surface area contributed by atoms with E-state index in [2.05, 4.69) is 0 Å². The molecule has 1 N–H and O–H groups in total. The van der Waals surface area contributed by atoms with Gasteiger partial charge in [-0.1, -0.05) is 0 Å². The highest BCUT2D eigenvalue weighted by Crippen LogP contribution is 2.25. The number of methoxy groups -OCH3 is 2. The van der Waals surface area contributed by atoms with Crippen LogP contribution in [0.15, 0.2) is 24.3 Å². The molecule has 0 amide bonds. The molecule has 0 saturated heterocycles. The Bertz CT molecular complexity index is 453. The average molecular weight is 266 g/mol. The van der Waals surface area contributed by atoms with Gasteiger partial charge in [0.25, 0.3) is 0 Å². The minimum Gasteiger partial charge on any atom is -0.497 e. The smallest absolute Gasteiger partial charge is 0.328 e. The van der Waals surface area contributed by atoms with Gasteiger partial charge in [-0.25, -0.2) is 4.79 Å². The zero-order chi connectivity index (χ0) is 14.3. The molecule has 0 aliphatic heterocycles. The minimum absolute atomic E-state index is 0.0431. The number of aliphatic carboxylic acids is 1. The maximum atomic E-state index is 10.6. The molecule has 0 saturated carbocycles. The lowest BCUT2D eigenvalue weighted by Crippen LogP contribution is -2.16. The fourth-order valence-corrected chi connectivity index (χ4v) is 1.35. The van der Waals surface area contributed by atoms with E-state index < -0.39 is 5.97 Å². The van der Waals surface area contributed by atoms with Crippen molar-refractivity contribution >= 4 is 12.0 Å². The summed E-state index contributed by atoms with van der Waals surface area (Å²) in [5.74, 6) is 0.207. The third kappa shape index (κ3) is 5.01. The van der Waals surface area contributed by atoms with E-state index in [1.807, 2.05) is 6.92 Å². The van der Waals surface area contributed by atoms with Crippen molar-refractivity contribution in [1.29, 1.82) is 0 Å². The minimum atomic E-state index is -1.01. The zero-order valence-corrected chi connectivity index (χ0v) is 11.3. The van der Waals surface area contributed by atoms with E-state index in [1.54, 1.807) is 32.4 Å². The van der Waals surface area contributed by atoms with Gasteiger partial charge < -0.3 is 19.3 Å². The number of hydrogen-bond donors (Lipinski definition) is 1. The molecule has 0 bridgehead atoms. The third-order valence-electron chi connectivity index (χ3n) is 2.50. The van der Waals surface area contributed by atoms with Gasteiger partial charge in [-0.05, 0) is 31.2 Å². The average Bonchev–Trinajstić information content (AvgIpc) is 2.42. The molecule has 5 heteroatoms. The molecular formula is C14H18O5. The highest BCUT2D eigenvalue weighted by atomic mass is 16.5. The summed E-state index contributed by atoms with van der Waals surface area (Å²) in [6, 6.07) is 5.21. The van der Waals surface area contributed by atoms with E-state index in [-0.39, 0.29) is 6.10 Å². The van der Waals surface area contributed by atoms with Crippen LogP contribution in [0, 0.1) is 0 Å². The third-order valence-corrected chi connectivity index (χ3v) is 2.50. The first kappa shape index (κ1) is 15.0. The van der Waals surface area contributed by atoms with E-state index >= 15 is 0 Å². The monoisotopic (exact) mass is 266 g/mol. The van der Waals surface area contributed by atoms with Gasteiger partial charge in [0.1, 0.15) is 18.1 Å². The van der Waals surface area contributed by atoms with E-state index in [4.69, 9.17) is 19.3 Å². The fourth-order valence-electron chi connectivity index (χ4n) is 1.35. The van der Waals surface area contributed by atoms with Gasteiger partial charge in [-0.15, -0.1) is 0 Å². The van der Waals surface area contributed by atoms with Crippen molar-refractivity contribution in [3.8, 4) is 11.5 Å². The standard InChI is InChI=1S/C14H18O5/c1-10(17-2)9-19-13-6-5-12(18-3)8-11(13)4-7-14(15)16/h4-8,10H,9H2,1-3H3,(H,15,16)/b7-4+. The van der Waals surface area contributed by atoms with Gasteiger partial charge in [-0.3, -0.25) is 0 Å². The summed E-state index contributed by atoms with van der Waals surface area (Å²) in [7, 11) is 3.15. The zero-order valence-electron chi connectivity index (χ0n) is 11.3. The van der Waals surface area contributed by atoms with Crippen LogP contribution in [-0.4, -0.2) is 38.0 Å². The van der Waals surface area contributed by atoms with E-state index in [9.17, 15) is 4.79 Å². The molecule has 104 valence electrons. The van der Waals surface area contributed by atoms with Crippen LogP contribution in [0.4, 0.5) is 0 Å². The number of carboxylic acid groups (broad SMARTS) is 1. The Hall–Kier alpha value is -2.01. The van der Waals surface area contributed by atoms with Gasteiger partial charge in [0.05, 0.1) is 13.2 Å². The summed E-state index contributed by atoms with van der Waals surface area (Å²) in [6.07, 6.45) is 2.48. The lowest BCUT2D eigenvalue weighted by Gasteiger charge is -2.14. The molecule has 1 rings (SSSR count). The lowest BCUT2D eigenvalue weighted by molar-refractivity contribution is -0.131. The van der Waals surface area contributed by atoms with Crippen molar-refractivity contribution in [2.45, 2.75) is 13.0 Å². The highest BCUT2D eigenvalue weighted by molar-refractivity contribution is 5.86. The van der Waals surface area contributed by atoms with Gasteiger partial charge in [-0.2, -0.15) is 0 Å². The van der Waals surface area contributed by atoms with Crippen molar-refractivity contribution < 1.29 is 24.1 Å². The van der Waals surface area contributed by atoms with Crippen LogP contribution >= 0.6 is 0 Å². The Labute approximate surface area is 112 Å². The quantitative estimate of drug-likeness (QED) is 0.766. The Balaban J connectivity index is 2.91. The van der Waals surface area contributed by atoms with Crippen molar-refractivity contribution in [2.24, 2.45) is 0 Å². The van der Waals surface area contributed by atoms with E-state index in [0.29, 0.717) is 23.7 Å². The van der Waals surface area contributed by atoms with Crippen LogP contribution in [0.5, 0.6) is 11.5 Å². The summed E-state index contributed by atoms with van der Waals surface area (Å²) in [4.78, 5) is 10.6. The van der Waals surface area contributed by atoms with Crippen molar-refractivity contribution in [1.82, 2.24) is 0 Å². The molecule has 1 atom stereocenters. The Morgan fingerprint density at radius 1 is 1.42 bits per heavy atom. The molecular weight excluding hydrogens is 248 g/mol. The number of carboxylic acids is 1. The molecule has 0 aromatic heterocycles. The van der Waals surface area contributed by atoms with Crippen molar-refractivity contribution in [2.75, 3.05) is 20.8 Å². The second-order valence-electron chi connectivity index (χ2n) is 3.93. The first-order valence-electron chi connectivity index (χ1n) is 5.81. The molecule has 0 aliphatic carbocycles. The van der Waals surface area contributed by atoms with E-state index in [0.717, 1.165) is 6.08 Å². The largest absolute Gasteiger partial charge is 0.497 e. The molecule has 0 radical (unpaired) electrons. The summed E-state index contributed by atoms with van der Waals surface area (Å²) >= 11 is 0. The van der Waals surface area contributed by atoms with Crippen LogP contribution in [0.25, 0.3) is 6.08 Å². The number of carbonyl (C=O) groups is 1. The summed E-state index contributed by atoms with van der Waals surface area (Å²) in [6.45, 7) is 2.27. The second kappa shape index (κ2) is 7.43. The summed E-state index contributed by atoms with van der Waals surface area (Å²) in [5.41, 5.74) is 0.644. The molecule has 1 unspecified atom stereocenters. The Kier molecular flexibility index (Phi) is 5.89. The molecule has 1 aromatic rings. The maximum absolute atomic E-state index is 10.6. The normalized spacial score (nSPS) is 12.4. The highest BCUT2D eigenvalue weighted by Gasteiger charge is 2.06. The number of hydrogen-bond acceptors (Lipinski definition) is 4. The van der Waals surface area contributed by atoms with Gasteiger partial charge >= 0.3 is 5.97 Å². The van der Waals surface area contributed by atoms with Crippen LogP contribution < -0.4 is 9.47 Å². The molecule has 1 aromatic carbocycles. The van der Waals surface area contributed by atoms with Gasteiger partial charge in [0.2, 0.25) is 0 Å². The van der Waals surface area contributed by atoms with Crippen LogP contribution in [0.1, 0.15) is 12.5 Å². The first-order chi connectivity index (χ1) is 9.06. The second-order valence-corrected chi connectivity index (χ2v) is 3.93. The topological polar surface area (TPSA) is 65.0 Å². The summed E-state index contributed by atoms with van der Waals surface area (Å²) < 4.78 is 15.8. The lowest BCUT2D eigenvalue weighted by atomic mass is 10.1. The van der Waals surface area contributed by atoms with Crippen molar-refractivity contribution in [3.63, 3.8) is 0 Å². The van der Waals surface area contributed by atoms with E-state index in [1.165, 1.54) is 6.08 Å². The number of ether oxygens (including phenoxy) is 3. The number of benzene rings is 1. The maximum Gasteiger partial charge on any atom is 0.328 e. The first-order valence-corrected chi connectivity index (χ1v) is 5.81. The SMILES string of the molecule is COc1ccc(OCC(C)OC)c(/C=C/C(=O)O)c1. The van der Waals surface area contributed by atoms with Gasteiger partial charge in [0.15, 0.2) is 0 Å². The molecule has 0 fully saturated rings. The molecule has 0 spiro atoms. The number of rotatable bonds is 7. The fraction of sp³-hybridized carbons (Fsp3) is 0.357. The predicted octanol–water partition coefficient (Wildman–Crippen LogP) is 2.21. The van der Waals surface area contributed by atoms with Crippen LogP contribution in [-0.2, 0) is 9.53 Å². The van der Waals surface area contributed by atoms with Crippen LogP contribution in [0.3, 0.4) is 0 Å². The molecule has 0 heterocycles. The Morgan fingerprint density at radius 2 is 2.16 bits per heavy atom. The molecule has 19 heavy (non-hydrogen) atoms.